The van der Waals surface area contributed by atoms with E-state index in [-0.39, 0.29) is 24.0 Å². The third-order valence-corrected chi connectivity index (χ3v) is 5.33. The summed E-state index contributed by atoms with van der Waals surface area (Å²) >= 11 is 0. The second-order valence-corrected chi connectivity index (χ2v) is 7.77. The molecule has 1 aliphatic carbocycles. The van der Waals surface area contributed by atoms with E-state index in [9.17, 15) is 0 Å². The third kappa shape index (κ3) is 8.78. The molecule has 2 aliphatic rings. The van der Waals surface area contributed by atoms with Gasteiger partial charge in [-0.15, -0.1) is 24.0 Å². The highest BCUT2D eigenvalue weighted by Gasteiger charge is 2.21. The summed E-state index contributed by atoms with van der Waals surface area (Å²) in [7, 11) is 2.08. The van der Waals surface area contributed by atoms with Gasteiger partial charge >= 0.3 is 0 Å². The summed E-state index contributed by atoms with van der Waals surface area (Å²) in [6.45, 7) is 10.8. The second-order valence-electron chi connectivity index (χ2n) is 7.77. The predicted molar refractivity (Wildman–Crippen MR) is 129 cm³/mol. The van der Waals surface area contributed by atoms with E-state index in [4.69, 9.17) is 14.5 Å². The van der Waals surface area contributed by atoms with E-state index in [1.165, 1.54) is 24.0 Å². The summed E-state index contributed by atoms with van der Waals surface area (Å²) in [5.74, 6) is 1.76. The summed E-state index contributed by atoms with van der Waals surface area (Å²) in [5, 5.41) is 3.41. The molecule has 2 fully saturated rings. The van der Waals surface area contributed by atoms with Crippen molar-refractivity contribution in [2.45, 2.75) is 32.9 Å². The van der Waals surface area contributed by atoms with Crippen LogP contribution in [0.25, 0.3) is 0 Å². The Kier molecular flexibility index (Phi) is 11.3. The molecule has 7 heteroatoms. The van der Waals surface area contributed by atoms with Gasteiger partial charge in [-0.2, -0.15) is 0 Å². The molecule has 0 spiro atoms. The van der Waals surface area contributed by atoms with Crippen LogP contribution in [0.2, 0.25) is 0 Å². The van der Waals surface area contributed by atoms with E-state index in [2.05, 4.69) is 53.4 Å². The summed E-state index contributed by atoms with van der Waals surface area (Å²) in [6, 6.07) is 8.65. The first-order chi connectivity index (χ1) is 13.8. The van der Waals surface area contributed by atoms with Gasteiger partial charge in [0, 0.05) is 46.4 Å². The Hall–Kier alpha value is -0.900. The molecule has 1 heterocycles. The Balaban J connectivity index is 0.00000300. The SMILES string of the molecule is CCNC(=NCc1ccccc1CN1CCOCC1)N(C)CCOCC1CC1.I. The largest absolute Gasteiger partial charge is 0.379 e. The van der Waals surface area contributed by atoms with Crippen LogP contribution in [0.3, 0.4) is 0 Å². The van der Waals surface area contributed by atoms with Crippen LogP contribution < -0.4 is 5.32 Å². The van der Waals surface area contributed by atoms with Crippen LogP contribution in [0.5, 0.6) is 0 Å². The zero-order valence-electron chi connectivity index (χ0n) is 17.9. The van der Waals surface area contributed by atoms with E-state index in [0.717, 1.165) is 71.0 Å². The number of guanidine groups is 1. The number of nitrogens with zero attached hydrogens (tertiary/aromatic N) is 3. The third-order valence-electron chi connectivity index (χ3n) is 5.33. The lowest BCUT2D eigenvalue weighted by Crippen LogP contribution is -2.40. The van der Waals surface area contributed by atoms with Crippen molar-refractivity contribution in [1.29, 1.82) is 0 Å². The Labute approximate surface area is 193 Å². The van der Waals surface area contributed by atoms with E-state index < -0.39 is 0 Å². The summed E-state index contributed by atoms with van der Waals surface area (Å²) < 4.78 is 11.3. The van der Waals surface area contributed by atoms with Crippen LogP contribution in [-0.4, -0.2) is 75.4 Å². The van der Waals surface area contributed by atoms with Gasteiger partial charge in [0.2, 0.25) is 0 Å². The fourth-order valence-electron chi connectivity index (χ4n) is 3.34. The Morgan fingerprint density at radius 2 is 1.97 bits per heavy atom. The quantitative estimate of drug-likeness (QED) is 0.224. The number of nitrogens with one attached hydrogen (secondary N) is 1. The Bertz CT molecular complexity index is 619. The predicted octanol–water partition coefficient (Wildman–Crippen LogP) is 2.96. The van der Waals surface area contributed by atoms with Gasteiger partial charge in [-0.25, -0.2) is 4.99 Å². The summed E-state index contributed by atoms with van der Waals surface area (Å²) in [6.07, 6.45) is 2.67. The van der Waals surface area contributed by atoms with Crippen molar-refractivity contribution in [3.05, 3.63) is 35.4 Å². The minimum absolute atomic E-state index is 0. The second kappa shape index (κ2) is 13.4. The number of morpholine rings is 1. The summed E-state index contributed by atoms with van der Waals surface area (Å²) in [5.41, 5.74) is 2.65. The highest BCUT2D eigenvalue weighted by molar-refractivity contribution is 14.0. The highest BCUT2D eigenvalue weighted by atomic mass is 127. The van der Waals surface area contributed by atoms with Crippen molar-refractivity contribution in [3.8, 4) is 0 Å². The van der Waals surface area contributed by atoms with E-state index in [0.29, 0.717) is 6.54 Å². The zero-order valence-corrected chi connectivity index (χ0v) is 20.3. The molecule has 29 heavy (non-hydrogen) atoms. The van der Waals surface area contributed by atoms with Crippen molar-refractivity contribution >= 4 is 29.9 Å². The van der Waals surface area contributed by atoms with E-state index in [1.807, 2.05) is 0 Å². The molecular weight excluding hydrogens is 479 g/mol. The molecule has 0 bridgehead atoms. The molecule has 3 rings (SSSR count). The van der Waals surface area contributed by atoms with Gasteiger partial charge in [-0.1, -0.05) is 24.3 Å². The number of aliphatic imine (C=N–C) groups is 1. The molecule has 6 nitrogen and oxygen atoms in total. The van der Waals surface area contributed by atoms with Gasteiger partial charge in [0.25, 0.3) is 0 Å². The topological polar surface area (TPSA) is 49.3 Å². The first-order valence-corrected chi connectivity index (χ1v) is 10.7. The van der Waals surface area contributed by atoms with Crippen molar-refractivity contribution in [2.24, 2.45) is 10.9 Å². The van der Waals surface area contributed by atoms with Gasteiger partial charge < -0.3 is 19.7 Å². The van der Waals surface area contributed by atoms with Crippen LogP contribution >= 0.6 is 24.0 Å². The van der Waals surface area contributed by atoms with Crippen LogP contribution in [0.15, 0.2) is 29.3 Å². The molecule has 0 unspecified atom stereocenters. The van der Waals surface area contributed by atoms with Crippen molar-refractivity contribution in [3.63, 3.8) is 0 Å². The van der Waals surface area contributed by atoms with Gasteiger partial charge in [-0.3, -0.25) is 4.90 Å². The van der Waals surface area contributed by atoms with Crippen LogP contribution in [0, 0.1) is 5.92 Å². The molecule has 1 saturated carbocycles. The zero-order chi connectivity index (χ0) is 19.6. The van der Waals surface area contributed by atoms with E-state index in [1.54, 1.807) is 0 Å². The van der Waals surface area contributed by atoms with Crippen molar-refractivity contribution in [2.75, 3.05) is 59.7 Å². The molecular formula is C22H37IN4O2. The fraction of sp³-hybridized carbons (Fsp3) is 0.682. The highest BCUT2D eigenvalue weighted by Crippen LogP contribution is 2.28. The fourth-order valence-corrected chi connectivity index (χ4v) is 3.34. The van der Waals surface area contributed by atoms with Gasteiger partial charge in [0.1, 0.15) is 0 Å². The average Bonchev–Trinajstić information content (AvgIpc) is 3.54. The number of hydrogen-bond donors (Lipinski definition) is 1. The molecule has 1 saturated heterocycles. The summed E-state index contributed by atoms with van der Waals surface area (Å²) in [4.78, 5) is 9.52. The smallest absolute Gasteiger partial charge is 0.194 e. The average molecular weight is 516 g/mol. The number of hydrogen-bond acceptors (Lipinski definition) is 4. The maximum atomic E-state index is 5.78. The van der Waals surface area contributed by atoms with Crippen LogP contribution in [0.4, 0.5) is 0 Å². The molecule has 1 N–H and O–H groups in total. The Morgan fingerprint density at radius 3 is 2.66 bits per heavy atom. The Morgan fingerprint density at radius 1 is 1.24 bits per heavy atom. The number of halogens is 1. The van der Waals surface area contributed by atoms with Gasteiger partial charge in [0.15, 0.2) is 5.96 Å². The standard InChI is InChI=1S/C22H36N4O2.HI/c1-3-23-22(25(2)10-13-28-18-19-8-9-19)24-16-20-6-4-5-7-21(20)17-26-11-14-27-15-12-26;/h4-7,19H,3,8-18H2,1-2H3,(H,23,24);1H. The maximum absolute atomic E-state index is 5.78. The van der Waals surface area contributed by atoms with Gasteiger partial charge in [0.05, 0.1) is 26.4 Å². The molecule has 1 aromatic carbocycles. The molecule has 0 aromatic heterocycles. The van der Waals surface area contributed by atoms with Crippen molar-refractivity contribution < 1.29 is 9.47 Å². The first-order valence-electron chi connectivity index (χ1n) is 10.7. The lowest BCUT2D eigenvalue weighted by atomic mass is 10.1. The van der Waals surface area contributed by atoms with E-state index >= 15 is 0 Å². The molecule has 0 amide bonds. The monoisotopic (exact) mass is 516 g/mol. The molecule has 0 radical (unpaired) electrons. The van der Waals surface area contributed by atoms with Crippen molar-refractivity contribution in [1.82, 2.24) is 15.1 Å². The van der Waals surface area contributed by atoms with Crippen LogP contribution in [-0.2, 0) is 22.6 Å². The van der Waals surface area contributed by atoms with Crippen LogP contribution in [0.1, 0.15) is 30.9 Å². The number of benzene rings is 1. The maximum Gasteiger partial charge on any atom is 0.194 e. The minimum Gasteiger partial charge on any atom is -0.379 e. The lowest BCUT2D eigenvalue weighted by Gasteiger charge is -2.27. The molecule has 164 valence electrons. The number of likely N-dealkylation sites (N-methyl/N-ethyl adjacent to an activating group) is 1. The first kappa shape index (κ1) is 24.4. The molecule has 0 atom stereocenters. The lowest BCUT2D eigenvalue weighted by molar-refractivity contribution is 0.0341. The molecule has 1 aromatic rings. The number of rotatable bonds is 10. The minimum atomic E-state index is 0. The normalized spacial score (nSPS) is 17.7. The number of ether oxygens (including phenoxy) is 2. The molecule has 1 aliphatic heterocycles. The van der Waals surface area contributed by atoms with Gasteiger partial charge in [-0.05, 0) is 36.8 Å².